The molecular formula is C57H46BN2O. The molecule has 10 aromatic rings. The van der Waals surface area contributed by atoms with E-state index in [0.29, 0.717) is 0 Å². The van der Waals surface area contributed by atoms with E-state index in [4.69, 9.17) is 4.42 Å². The lowest BCUT2D eigenvalue weighted by Gasteiger charge is -2.42. The Morgan fingerprint density at radius 1 is 0.607 bits per heavy atom. The molecule has 0 fully saturated rings. The third kappa shape index (κ3) is 5.51. The van der Waals surface area contributed by atoms with Gasteiger partial charge in [-0.1, -0.05) is 148 Å². The Labute approximate surface area is 357 Å². The summed E-state index contributed by atoms with van der Waals surface area (Å²) >= 11 is 0. The van der Waals surface area contributed by atoms with Gasteiger partial charge in [0, 0.05) is 55.4 Å². The summed E-state index contributed by atoms with van der Waals surface area (Å²) in [6.07, 6.45) is 2.38. The number of nitrogens with one attached hydrogen (secondary N) is 1. The van der Waals surface area contributed by atoms with Gasteiger partial charge in [0.2, 0.25) is 0 Å². The largest absolute Gasteiger partial charge is 0.455 e. The topological polar surface area (TPSA) is 30.1 Å². The number of aromatic nitrogens is 1. The van der Waals surface area contributed by atoms with E-state index in [0.717, 1.165) is 55.9 Å². The molecule has 8 aromatic carbocycles. The van der Waals surface area contributed by atoms with Crippen molar-refractivity contribution in [3.05, 3.63) is 174 Å². The summed E-state index contributed by atoms with van der Waals surface area (Å²) < 4.78 is 9.49. The van der Waals surface area contributed by atoms with E-state index in [2.05, 4.69) is 210 Å². The third-order valence-corrected chi connectivity index (χ3v) is 14.0. The van der Waals surface area contributed by atoms with Gasteiger partial charge in [0.1, 0.15) is 11.3 Å². The second-order valence-electron chi connectivity index (χ2n) is 18.7. The van der Waals surface area contributed by atoms with Crippen molar-refractivity contribution >= 4 is 73.1 Å². The maximum absolute atomic E-state index is 6.94. The monoisotopic (exact) mass is 785 g/mol. The van der Waals surface area contributed by atoms with Crippen LogP contribution < -0.4 is 16.2 Å². The van der Waals surface area contributed by atoms with E-state index in [1.54, 1.807) is 0 Å². The number of aryl methyl sites for hydroxylation is 1. The number of anilines is 2. The zero-order valence-electron chi connectivity index (χ0n) is 35.4. The lowest BCUT2D eigenvalue weighted by Crippen LogP contribution is -2.37. The molecule has 0 unspecified atom stereocenters. The highest BCUT2D eigenvalue weighted by atomic mass is 16.3. The number of hydrogen-bond acceptors (Lipinski definition) is 2. The number of benzene rings is 8. The van der Waals surface area contributed by atoms with E-state index in [-0.39, 0.29) is 10.8 Å². The quantitative estimate of drug-likeness (QED) is 0.176. The number of hydrogen-bond donors (Lipinski definition) is 1. The zero-order chi connectivity index (χ0) is 41.2. The molecule has 0 amide bonds. The van der Waals surface area contributed by atoms with Gasteiger partial charge in [-0.15, -0.1) is 0 Å². The molecule has 0 spiro atoms. The maximum Gasteiger partial charge on any atom is 0.198 e. The van der Waals surface area contributed by atoms with Gasteiger partial charge < -0.3 is 14.3 Å². The van der Waals surface area contributed by atoms with Crippen molar-refractivity contribution in [2.24, 2.45) is 0 Å². The Bertz CT molecular complexity index is 3420. The molecule has 1 aliphatic heterocycles. The number of rotatable bonds is 5. The maximum atomic E-state index is 6.94. The van der Waals surface area contributed by atoms with Crippen LogP contribution in [-0.4, -0.2) is 11.8 Å². The fourth-order valence-electron chi connectivity index (χ4n) is 10.7. The minimum absolute atomic E-state index is 0.123. The molecule has 1 aliphatic carbocycles. The summed E-state index contributed by atoms with van der Waals surface area (Å²) in [5, 5.41) is 10.1. The van der Waals surface area contributed by atoms with Gasteiger partial charge in [-0.3, -0.25) is 0 Å². The van der Waals surface area contributed by atoms with Crippen LogP contribution in [0.2, 0.25) is 0 Å². The standard InChI is InChI=1S/C57H46BN2O/c1-34-28-41(40-22-14-15-23-47(40)59-39-24-25-44-45(31-39)57(4,5)27-26-56(44,2)3)53-54-51(34)42-29-37-20-12-13-21-38(37)30-48(42)60(54)49-32-43-50(33-46(49)58-53)61-55(36-18-10-7-11-19-36)52(43)35-16-8-6-9-17-35/h6-25,28-33,59H,26-27H2,1-5H3. The molecule has 0 saturated carbocycles. The molecular weight excluding hydrogens is 739 g/mol. The Morgan fingerprint density at radius 3 is 2.05 bits per heavy atom. The van der Waals surface area contributed by atoms with E-state index in [9.17, 15) is 0 Å². The van der Waals surface area contributed by atoms with Crippen LogP contribution in [0.3, 0.4) is 0 Å². The molecule has 4 heteroatoms. The van der Waals surface area contributed by atoms with Crippen molar-refractivity contribution in [1.29, 1.82) is 0 Å². The van der Waals surface area contributed by atoms with Crippen molar-refractivity contribution in [1.82, 2.24) is 4.57 Å². The first-order valence-corrected chi connectivity index (χ1v) is 21.7. The van der Waals surface area contributed by atoms with Gasteiger partial charge in [0.05, 0.1) is 5.52 Å². The third-order valence-electron chi connectivity index (χ3n) is 14.0. The Morgan fingerprint density at radius 2 is 1.28 bits per heavy atom. The number of para-hydroxylation sites is 1. The van der Waals surface area contributed by atoms with Gasteiger partial charge >= 0.3 is 0 Å². The lowest BCUT2D eigenvalue weighted by atomic mass is 9.58. The first-order chi connectivity index (χ1) is 29.6. The highest BCUT2D eigenvalue weighted by Gasteiger charge is 2.37. The molecule has 0 bridgehead atoms. The number of furan rings is 1. The van der Waals surface area contributed by atoms with Crippen LogP contribution in [0.4, 0.5) is 11.4 Å². The minimum atomic E-state index is 0.123. The van der Waals surface area contributed by atoms with E-state index in [1.165, 1.54) is 78.7 Å². The second-order valence-corrected chi connectivity index (χ2v) is 18.7. The van der Waals surface area contributed by atoms with E-state index in [1.807, 2.05) is 0 Å². The van der Waals surface area contributed by atoms with Crippen LogP contribution in [-0.2, 0) is 10.8 Å². The van der Waals surface area contributed by atoms with E-state index < -0.39 is 0 Å². The molecule has 12 rings (SSSR count). The number of fused-ring (bicyclic) bond motifs is 8. The SMILES string of the molecule is Cc1cc(-c2ccccc2Nc2ccc3c(c2)C(C)(C)CCC3(C)C)c2c3c1c1cc4ccccc4cc1n3-c1cc3c(-c4ccccc4)c(-c4ccccc4)oc3cc1[B]2. The van der Waals surface area contributed by atoms with Crippen molar-refractivity contribution in [2.45, 2.75) is 58.3 Å². The molecule has 0 atom stereocenters. The van der Waals surface area contributed by atoms with Gasteiger partial charge in [-0.2, -0.15) is 0 Å². The summed E-state index contributed by atoms with van der Waals surface area (Å²) in [5.74, 6) is 0.890. The highest BCUT2D eigenvalue weighted by molar-refractivity contribution is 6.73. The summed E-state index contributed by atoms with van der Waals surface area (Å²) in [6.45, 7) is 11.9. The van der Waals surface area contributed by atoms with Gasteiger partial charge in [0.25, 0.3) is 0 Å². The zero-order valence-corrected chi connectivity index (χ0v) is 35.4. The number of nitrogens with zero attached hydrogens (tertiary/aromatic N) is 1. The summed E-state index contributed by atoms with van der Waals surface area (Å²) in [5.41, 5.74) is 19.3. The summed E-state index contributed by atoms with van der Waals surface area (Å²) in [4.78, 5) is 0. The molecule has 293 valence electrons. The Kier molecular flexibility index (Phi) is 7.76. The lowest BCUT2D eigenvalue weighted by molar-refractivity contribution is 0.332. The summed E-state index contributed by atoms with van der Waals surface area (Å²) in [7, 11) is 2.41. The molecule has 2 aliphatic rings. The first kappa shape index (κ1) is 36.1. The first-order valence-electron chi connectivity index (χ1n) is 21.7. The van der Waals surface area contributed by atoms with Crippen molar-refractivity contribution in [3.8, 4) is 39.3 Å². The fraction of sp³-hybridized carbons (Fsp3) is 0.158. The van der Waals surface area contributed by atoms with Crippen LogP contribution in [0, 0.1) is 6.92 Å². The molecule has 1 radical (unpaired) electrons. The average molecular weight is 786 g/mol. The van der Waals surface area contributed by atoms with Gasteiger partial charge in [0.15, 0.2) is 7.28 Å². The smallest absolute Gasteiger partial charge is 0.198 e. The second kappa shape index (κ2) is 13.1. The van der Waals surface area contributed by atoms with Crippen LogP contribution >= 0.6 is 0 Å². The molecule has 3 nitrogen and oxygen atoms in total. The minimum Gasteiger partial charge on any atom is -0.455 e. The molecule has 0 saturated heterocycles. The average Bonchev–Trinajstić information content (AvgIpc) is 3.82. The predicted octanol–water partition coefficient (Wildman–Crippen LogP) is 14.1. The molecule has 2 aromatic heterocycles. The highest BCUT2D eigenvalue weighted by Crippen LogP contribution is 2.48. The van der Waals surface area contributed by atoms with Crippen molar-refractivity contribution in [2.75, 3.05) is 5.32 Å². The van der Waals surface area contributed by atoms with Crippen LogP contribution in [0.1, 0.15) is 57.2 Å². The normalized spacial score (nSPS) is 14.9. The molecule has 1 N–H and O–H groups in total. The van der Waals surface area contributed by atoms with Crippen molar-refractivity contribution < 1.29 is 4.42 Å². The van der Waals surface area contributed by atoms with Gasteiger partial charge in [-0.25, -0.2) is 0 Å². The van der Waals surface area contributed by atoms with E-state index >= 15 is 0 Å². The van der Waals surface area contributed by atoms with Gasteiger partial charge in [-0.05, 0) is 117 Å². The Hall–Kier alpha value is -6.78. The fourth-order valence-corrected chi connectivity index (χ4v) is 10.7. The summed E-state index contributed by atoms with van der Waals surface area (Å²) in [6, 6.07) is 57.8. The van der Waals surface area contributed by atoms with Crippen LogP contribution in [0.5, 0.6) is 0 Å². The Balaban J connectivity index is 1.11. The molecule has 3 heterocycles. The van der Waals surface area contributed by atoms with Crippen LogP contribution in [0.25, 0.3) is 82.8 Å². The predicted molar refractivity (Wildman–Crippen MR) is 259 cm³/mol. The van der Waals surface area contributed by atoms with Crippen LogP contribution in [0.15, 0.2) is 162 Å². The van der Waals surface area contributed by atoms with Crippen molar-refractivity contribution in [3.63, 3.8) is 0 Å². The molecule has 61 heavy (non-hydrogen) atoms.